The van der Waals surface area contributed by atoms with E-state index in [0.717, 1.165) is 22.4 Å². The first-order valence-electron chi connectivity index (χ1n) is 13.9. The maximum atomic E-state index is 13.4. The van der Waals surface area contributed by atoms with Gasteiger partial charge < -0.3 is 34.5 Å². The molecule has 0 unspecified atom stereocenters. The minimum Gasteiger partial charge on any atom is -0.493 e. The number of methoxy groups -OCH3 is 4. The molecule has 1 aliphatic heterocycles. The van der Waals surface area contributed by atoms with E-state index in [9.17, 15) is 14.4 Å². The second-order valence-corrected chi connectivity index (χ2v) is 10.0. The van der Waals surface area contributed by atoms with Crippen LogP contribution in [-0.2, 0) is 20.9 Å². The lowest BCUT2D eigenvalue weighted by Crippen LogP contribution is -2.49. The van der Waals surface area contributed by atoms with Crippen LogP contribution in [0.3, 0.4) is 0 Å². The predicted molar refractivity (Wildman–Crippen MR) is 168 cm³/mol. The van der Waals surface area contributed by atoms with Crippen LogP contribution in [0.25, 0.3) is 11.1 Å². The molecule has 44 heavy (non-hydrogen) atoms. The Bertz CT molecular complexity index is 1690. The van der Waals surface area contributed by atoms with Crippen molar-refractivity contribution < 1.29 is 33.3 Å². The first-order chi connectivity index (χ1) is 21.4. The summed E-state index contributed by atoms with van der Waals surface area (Å²) in [6, 6.07) is 25.0. The summed E-state index contributed by atoms with van der Waals surface area (Å²) < 4.78 is 21.2. The van der Waals surface area contributed by atoms with Gasteiger partial charge in [0.05, 0.1) is 57.5 Å². The molecule has 0 radical (unpaired) electrons. The van der Waals surface area contributed by atoms with Crippen molar-refractivity contribution in [2.75, 3.05) is 44.0 Å². The molecule has 0 fully saturated rings. The normalized spacial score (nSPS) is 13.8. The largest absolute Gasteiger partial charge is 0.493 e. The third kappa shape index (κ3) is 6.00. The van der Waals surface area contributed by atoms with Gasteiger partial charge in [-0.1, -0.05) is 54.6 Å². The number of hydrogen-bond acceptors (Lipinski definition) is 8. The zero-order valence-electron chi connectivity index (χ0n) is 24.9. The molecule has 10 nitrogen and oxygen atoms in total. The van der Waals surface area contributed by atoms with Gasteiger partial charge in [0.15, 0.2) is 11.5 Å². The summed E-state index contributed by atoms with van der Waals surface area (Å²) in [7, 11) is 5.83. The Hall–Kier alpha value is -5.51. The molecular weight excluding hydrogens is 562 g/mol. The number of nitrogens with one attached hydrogen (secondary N) is 2. The van der Waals surface area contributed by atoms with Crippen molar-refractivity contribution in [3.8, 4) is 28.4 Å². The first-order valence-corrected chi connectivity index (χ1v) is 13.9. The van der Waals surface area contributed by atoms with Gasteiger partial charge in [-0.3, -0.25) is 9.59 Å². The van der Waals surface area contributed by atoms with E-state index in [0.29, 0.717) is 40.7 Å². The van der Waals surface area contributed by atoms with Crippen LogP contribution in [0.2, 0.25) is 0 Å². The van der Waals surface area contributed by atoms with E-state index >= 15 is 0 Å². The monoisotopic (exact) mass is 595 g/mol. The molecule has 226 valence electrons. The maximum absolute atomic E-state index is 13.4. The van der Waals surface area contributed by atoms with Gasteiger partial charge in [-0.25, -0.2) is 4.79 Å². The SMILES string of the molecule is COC(=O)c1ccccc1-c1ccc(CN2c3ccccc3NC(=O)[C@H]2CC(=O)Nc2ccc(OC)c(OC)c2OC)cc1. The molecule has 4 aromatic rings. The Kier molecular flexibility index (Phi) is 8.99. The Morgan fingerprint density at radius 1 is 0.818 bits per heavy atom. The highest BCUT2D eigenvalue weighted by molar-refractivity contribution is 6.07. The number of carbonyl (C=O) groups excluding carboxylic acids is 3. The maximum Gasteiger partial charge on any atom is 0.338 e. The fourth-order valence-corrected chi connectivity index (χ4v) is 5.34. The number of ether oxygens (including phenoxy) is 4. The second-order valence-electron chi connectivity index (χ2n) is 10.0. The summed E-state index contributed by atoms with van der Waals surface area (Å²) in [5.41, 5.74) is 4.86. The molecule has 0 saturated carbocycles. The summed E-state index contributed by atoms with van der Waals surface area (Å²) in [5.74, 6) is 0.0291. The zero-order chi connectivity index (χ0) is 31.2. The summed E-state index contributed by atoms with van der Waals surface area (Å²) in [6.07, 6.45) is -0.123. The van der Waals surface area contributed by atoms with Gasteiger partial charge in [0.25, 0.3) is 0 Å². The van der Waals surface area contributed by atoms with Gasteiger partial charge in [0.2, 0.25) is 17.6 Å². The minimum absolute atomic E-state index is 0.123. The van der Waals surface area contributed by atoms with Crippen LogP contribution in [0.5, 0.6) is 17.2 Å². The van der Waals surface area contributed by atoms with Gasteiger partial charge in [0, 0.05) is 6.54 Å². The summed E-state index contributed by atoms with van der Waals surface area (Å²) in [6.45, 7) is 0.362. The van der Waals surface area contributed by atoms with Gasteiger partial charge in [-0.2, -0.15) is 0 Å². The van der Waals surface area contributed by atoms with Crippen LogP contribution in [0.1, 0.15) is 22.3 Å². The van der Waals surface area contributed by atoms with Crippen LogP contribution in [0, 0.1) is 0 Å². The van der Waals surface area contributed by atoms with E-state index in [1.807, 2.05) is 65.6 Å². The Morgan fingerprint density at radius 3 is 2.23 bits per heavy atom. The van der Waals surface area contributed by atoms with Crippen LogP contribution in [0.15, 0.2) is 84.9 Å². The molecule has 4 aromatic carbocycles. The topological polar surface area (TPSA) is 115 Å². The fraction of sp³-hybridized carbons (Fsp3) is 0.206. The number of hydrogen-bond donors (Lipinski definition) is 2. The summed E-state index contributed by atoms with van der Waals surface area (Å²) in [4.78, 5) is 41.0. The molecule has 0 aliphatic carbocycles. The predicted octanol–water partition coefficient (Wildman–Crippen LogP) is 5.52. The van der Waals surface area contributed by atoms with Crippen molar-refractivity contribution >= 4 is 34.8 Å². The molecule has 0 bridgehead atoms. The average Bonchev–Trinajstić information content (AvgIpc) is 3.05. The van der Waals surface area contributed by atoms with E-state index in [-0.39, 0.29) is 18.2 Å². The first kappa shape index (κ1) is 30.0. The Balaban J connectivity index is 1.41. The number of fused-ring (bicyclic) bond motifs is 1. The number of benzene rings is 4. The molecule has 1 atom stereocenters. The number of carbonyl (C=O) groups is 3. The summed E-state index contributed by atoms with van der Waals surface area (Å²) in [5, 5.41) is 5.80. The van der Waals surface area contributed by atoms with Crippen molar-refractivity contribution in [3.05, 3.63) is 96.1 Å². The molecule has 2 N–H and O–H groups in total. The molecule has 1 heterocycles. The van der Waals surface area contributed by atoms with E-state index < -0.39 is 12.0 Å². The minimum atomic E-state index is -0.796. The van der Waals surface area contributed by atoms with Crippen molar-refractivity contribution in [2.45, 2.75) is 19.0 Å². The molecule has 0 spiro atoms. The molecule has 1 aliphatic rings. The highest BCUT2D eigenvalue weighted by atomic mass is 16.5. The Labute approximate surface area is 255 Å². The zero-order valence-corrected chi connectivity index (χ0v) is 24.9. The standard InChI is InChI=1S/C34H33N3O7/c1-41-29-18-17-26(31(42-2)32(29)43-3)35-30(38)19-28-33(39)36-25-11-7-8-12-27(25)37(28)20-21-13-15-22(16-14-21)23-9-5-6-10-24(23)34(40)44-4/h5-18,28H,19-20H2,1-4H3,(H,35,38)(H,36,39)/t28-/m1/s1. The smallest absolute Gasteiger partial charge is 0.338 e. The molecule has 0 saturated heterocycles. The summed E-state index contributed by atoms with van der Waals surface area (Å²) >= 11 is 0. The lowest BCUT2D eigenvalue weighted by Gasteiger charge is -2.38. The Morgan fingerprint density at radius 2 is 1.52 bits per heavy atom. The van der Waals surface area contributed by atoms with E-state index in [1.54, 1.807) is 24.3 Å². The highest BCUT2D eigenvalue weighted by Gasteiger charge is 2.35. The highest BCUT2D eigenvalue weighted by Crippen LogP contribution is 2.43. The number of amides is 2. The van der Waals surface area contributed by atoms with Crippen LogP contribution in [-0.4, -0.2) is 52.3 Å². The number of esters is 1. The number of rotatable bonds is 10. The van der Waals surface area contributed by atoms with Crippen LogP contribution in [0.4, 0.5) is 17.1 Å². The number of nitrogens with zero attached hydrogens (tertiary/aromatic N) is 1. The van der Waals surface area contributed by atoms with Crippen molar-refractivity contribution in [1.82, 2.24) is 0 Å². The van der Waals surface area contributed by atoms with Gasteiger partial charge in [-0.05, 0) is 47.0 Å². The van der Waals surface area contributed by atoms with Crippen molar-refractivity contribution in [1.29, 1.82) is 0 Å². The molecule has 5 rings (SSSR count). The van der Waals surface area contributed by atoms with Gasteiger partial charge >= 0.3 is 5.97 Å². The van der Waals surface area contributed by atoms with Crippen molar-refractivity contribution in [3.63, 3.8) is 0 Å². The number of para-hydroxylation sites is 2. The third-order valence-electron chi connectivity index (χ3n) is 7.46. The molecule has 10 heteroatoms. The second kappa shape index (κ2) is 13.2. The van der Waals surface area contributed by atoms with Crippen LogP contribution >= 0.6 is 0 Å². The molecule has 0 aromatic heterocycles. The van der Waals surface area contributed by atoms with Crippen LogP contribution < -0.4 is 29.7 Å². The number of anilines is 3. The van der Waals surface area contributed by atoms with E-state index in [2.05, 4.69) is 10.6 Å². The third-order valence-corrected chi connectivity index (χ3v) is 7.46. The van der Waals surface area contributed by atoms with E-state index in [4.69, 9.17) is 18.9 Å². The van der Waals surface area contributed by atoms with Crippen molar-refractivity contribution in [2.24, 2.45) is 0 Å². The lowest BCUT2D eigenvalue weighted by molar-refractivity contribution is -0.122. The molecule has 2 amide bonds. The van der Waals surface area contributed by atoms with E-state index in [1.165, 1.54) is 28.4 Å². The van der Waals surface area contributed by atoms with Gasteiger partial charge in [0.1, 0.15) is 6.04 Å². The quantitative estimate of drug-likeness (QED) is 0.230. The lowest BCUT2D eigenvalue weighted by atomic mass is 9.98. The fourth-order valence-electron chi connectivity index (χ4n) is 5.34. The molecular formula is C34H33N3O7. The average molecular weight is 596 g/mol. The van der Waals surface area contributed by atoms with Gasteiger partial charge in [-0.15, -0.1) is 0 Å².